The van der Waals surface area contributed by atoms with Gasteiger partial charge < -0.3 is 10.6 Å². The number of amides is 2. The molecule has 27 heavy (non-hydrogen) atoms. The predicted molar refractivity (Wildman–Crippen MR) is 109 cm³/mol. The van der Waals surface area contributed by atoms with Crippen LogP contribution in [-0.2, 0) is 4.79 Å². The Kier molecular flexibility index (Phi) is 6.40. The molecule has 1 aromatic heterocycles. The van der Waals surface area contributed by atoms with Crippen molar-refractivity contribution in [1.82, 2.24) is 15.6 Å². The minimum absolute atomic E-state index is 0.0564. The maximum atomic E-state index is 12.5. The van der Waals surface area contributed by atoms with E-state index in [0.29, 0.717) is 4.88 Å². The van der Waals surface area contributed by atoms with Crippen molar-refractivity contribution in [3.8, 4) is 0 Å². The fourth-order valence-electron chi connectivity index (χ4n) is 3.43. The molecule has 1 fully saturated rings. The number of aromatic nitrogens is 1. The first-order chi connectivity index (χ1) is 13.0. The van der Waals surface area contributed by atoms with Crippen LogP contribution in [0.1, 0.15) is 51.6 Å². The average Bonchev–Trinajstić information content (AvgIpc) is 2.99. The van der Waals surface area contributed by atoms with Crippen LogP contribution < -0.4 is 10.6 Å². The molecule has 1 aromatic carbocycles. The van der Waals surface area contributed by atoms with Gasteiger partial charge in [-0.15, -0.1) is 11.3 Å². The van der Waals surface area contributed by atoms with Crippen LogP contribution in [0, 0.1) is 13.8 Å². The third-order valence-electron chi connectivity index (χ3n) is 4.69. The molecule has 0 radical (unpaired) electrons. The van der Waals surface area contributed by atoms with Crippen molar-refractivity contribution in [2.24, 2.45) is 0 Å². The number of carbonyl (C=O) groups is 2. The highest BCUT2D eigenvalue weighted by Crippen LogP contribution is 2.21. The molecule has 6 heteroatoms. The van der Waals surface area contributed by atoms with E-state index in [2.05, 4.69) is 15.6 Å². The van der Waals surface area contributed by atoms with E-state index in [1.54, 1.807) is 6.08 Å². The monoisotopic (exact) mass is 383 g/mol. The Bertz CT molecular complexity index is 829. The van der Waals surface area contributed by atoms with Crippen molar-refractivity contribution >= 4 is 29.2 Å². The molecule has 1 aliphatic rings. The summed E-state index contributed by atoms with van der Waals surface area (Å²) < 4.78 is 0. The lowest BCUT2D eigenvalue weighted by Gasteiger charge is -2.30. The van der Waals surface area contributed by atoms with Crippen LogP contribution in [0.4, 0.5) is 0 Å². The molecule has 0 aliphatic heterocycles. The van der Waals surface area contributed by atoms with Gasteiger partial charge in [-0.1, -0.05) is 30.3 Å². The SMILES string of the molecule is Cc1nc(C)c(C(=O)N[C@@H]2CCC[C@@H](NC(=O)/C=C/c3ccccc3)C2)s1. The fraction of sp³-hybridized carbons (Fsp3) is 0.381. The first-order valence-corrected chi connectivity index (χ1v) is 10.1. The Labute approximate surface area is 163 Å². The van der Waals surface area contributed by atoms with E-state index in [-0.39, 0.29) is 23.9 Å². The summed E-state index contributed by atoms with van der Waals surface area (Å²) in [7, 11) is 0. The van der Waals surface area contributed by atoms with Gasteiger partial charge in [0.1, 0.15) is 4.88 Å². The Balaban J connectivity index is 1.51. The van der Waals surface area contributed by atoms with Crippen LogP contribution in [0.25, 0.3) is 6.08 Å². The molecule has 2 aromatic rings. The van der Waals surface area contributed by atoms with Crippen molar-refractivity contribution in [2.75, 3.05) is 0 Å². The topological polar surface area (TPSA) is 71.1 Å². The number of benzene rings is 1. The molecule has 1 heterocycles. The number of carbonyl (C=O) groups excluding carboxylic acids is 2. The molecule has 2 amide bonds. The number of thiazole rings is 1. The van der Waals surface area contributed by atoms with Gasteiger partial charge in [0.2, 0.25) is 5.91 Å². The quantitative estimate of drug-likeness (QED) is 0.775. The van der Waals surface area contributed by atoms with E-state index in [9.17, 15) is 9.59 Å². The average molecular weight is 384 g/mol. The third kappa shape index (κ3) is 5.50. The molecule has 142 valence electrons. The van der Waals surface area contributed by atoms with Gasteiger partial charge in [0.25, 0.3) is 5.91 Å². The van der Waals surface area contributed by atoms with Gasteiger partial charge in [-0.25, -0.2) is 4.98 Å². The van der Waals surface area contributed by atoms with E-state index in [1.807, 2.05) is 50.3 Å². The molecule has 2 atom stereocenters. The van der Waals surface area contributed by atoms with Gasteiger partial charge in [-0.2, -0.15) is 0 Å². The second-order valence-corrected chi connectivity index (χ2v) is 8.14. The lowest BCUT2D eigenvalue weighted by atomic mass is 9.91. The highest BCUT2D eigenvalue weighted by atomic mass is 32.1. The van der Waals surface area contributed by atoms with E-state index < -0.39 is 0 Å². The van der Waals surface area contributed by atoms with Crippen molar-refractivity contribution in [3.05, 3.63) is 57.6 Å². The fourth-order valence-corrected chi connectivity index (χ4v) is 4.25. The van der Waals surface area contributed by atoms with Gasteiger partial charge in [-0.3, -0.25) is 9.59 Å². The predicted octanol–water partition coefficient (Wildman–Crippen LogP) is 3.63. The summed E-state index contributed by atoms with van der Waals surface area (Å²) in [5, 5.41) is 7.07. The first kappa shape index (κ1) is 19.3. The molecule has 3 rings (SSSR count). The standard InChI is InChI=1S/C21H25N3O2S/c1-14-20(27-15(2)22-14)21(26)24-18-10-6-9-17(13-18)23-19(25)12-11-16-7-4-3-5-8-16/h3-5,7-8,11-12,17-18H,6,9-10,13H2,1-2H3,(H,23,25)(H,24,26)/b12-11+/t17-,18-/m1/s1. The lowest BCUT2D eigenvalue weighted by Crippen LogP contribution is -2.45. The van der Waals surface area contributed by atoms with Gasteiger partial charge in [-0.05, 0) is 51.2 Å². The van der Waals surface area contributed by atoms with E-state index in [4.69, 9.17) is 0 Å². The normalized spacial score (nSPS) is 19.8. The van der Waals surface area contributed by atoms with E-state index in [1.165, 1.54) is 11.3 Å². The Morgan fingerprint density at radius 3 is 2.48 bits per heavy atom. The van der Waals surface area contributed by atoms with E-state index >= 15 is 0 Å². The molecule has 0 unspecified atom stereocenters. The van der Waals surface area contributed by atoms with Crippen LogP contribution in [0.3, 0.4) is 0 Å². The summed E-state index contributed by atoms with van der Waals surface area (Å²) in [6, 6.07) is 9.91. The summed E-state index contributed by atoms with van der Waals surface area (Å²) in [6.07, 6.45) is 7.00. The summed E-state index contributed by atoms with van der Waals surface area (Å²) in [6.45, 7) is 3.77. The first-order valence-electron chi connectivity index (χ1n) is 9.30. The highest BCUT2D eigenvalue weighted by Gasteiger charge is 2.25. The second kappa shape index (κ2) is 8.95. The molecular formula is C21H25N3O2S. The van der Waals surface area contributed by atoms with Crippen molar-refractivity contribution in [2.45, 2.75) is 51.6 Å². The van der Waals surface area contributed by atoms with Gasteiger partial charge in [0.05, 0.1) is 10.7 Å². The third-order valence-corrected chi connectivity index (χ3v) is 5.76. The van der Waals surface area contributed by atoms with Crippen molar-refractivity contribution < 1.29 is 9.59 Å². The second-order valence-electron chi connectivity index (χ2n) is 6.93. The van der Waals surface area contributed by atoms with Gasteiger partial charge in [0.15, 0.2) is 0 Å². The van der Waals surface area contributed by atoms with Gasteiger partial charge in [0, 0.05) is 18.2 Å². The molecule has 0 bridgehead atoms. The Morgan fingerprint density at radius 2 is 1.81 bits per heavy atom. The molecule has 5 nitrogen and oxygen atoms in total. The Morgan fingerprint density at radius 1 is 1.11 bits per heavy atom. The maximum Gasteiger partial charge on any atom is 0.263 e. The zero-order valence-corrected chi connectivity index (χ0v) is 16.5. The molecule has 1 aliphatic carbocycles. The molecular weight excluding hydrogens is 358 g/mol. The number of aryl methyl sites for hydroxylation is 2. The van der Waals surface area contributed by atoms with Crippen LogP contribution in [0.5, 0.6) is 0 Å². The number of nitrogens with zero attached hydrogens (tertiary/aromatic N) is 1. The smallest absolute Gasteiger partial charge is 0.263 e. The van der Waals surface area contributed by atoms with Crippen molar-refractivity contribution in [1.29, 1.82) is 0 Å². The summed E-state index contributed by atoms with van der Waals surface area (Å²) >= 11 is 1.42. The summed E-state index contributed by atoms with van der Waals surface area (Å²) in [4.78, 5) is 29.7. The summed E-state index contributed by atoms with van der Waals surface area (Å²) in [5.74, 6) is -0.149. The van der Waals surface area contributed by atoms with Crippen LogP contribution in [0.15, 0.2) is 36.4 Å². The zero-order chi connectivity index (χ0) is 19.2. The van der Waals surface area contributed by atoms with Crippen LogP contribution in [-0.4, -0.2) is 28.9 Å². The molecule has 1 saturated carbocycles. The maximum absolute atomic E-state index is 12.5. The zero-order valence-electron chi connectivity index (χ0n) is 15.7. The van der Waals surface area contributed by atoms with Crippen LogP contribution >= 0.6 is 11.3 Å². The number of hydrogen-bond acceptors (Lipinski definition) is 4. The minimum Gasteiger partial charge on any atom is -0.350 e. The number of hydrogen-bond donors (Lipinski definition) is 2. The summed E-state index contributed by atoms with van der Waals surface area (Å²) in [5.41, 5.74) is 1.78. The number of rotatable bonds is 5. The lowest BCUT2D eigenvalue weighted by molar-refractivity contribution is -0.117. The molecule has 0 spiro atoms. The van der Waals surface area contributed by atoms with Gasteiger partial charge >= 0.3 is 0 Å². The molecule has 2 N–H and O–H groups in total. The highest BCUT2D eigenvalue weighted by molar-refractivity contribution is 7.13. The number of nitrogens with one attached hydrogen (secondary N) is 2. The van der Waals surface area contributed by atoms with E-state index in [0.717, 1.165) is 41.9 Å². The molecule has 0 saturated heterocycles. The Hall–Kier alpha value is -2.47. The van der Waals surface area contributed by atoms with Crippen molar-refractivity contribution in [3.63, 3.8) is 0 Å². The van der Waals surface area contributed by atoms with Crippen LogP contribution in [0.2, 0.25) is 0 Å². The largest absolute Gasteiger partial charge is 0.350 e. The minimum atomic E-state index is -0.0928.